The maximum absolute atomic E-state index is 11.8. The number of hydrogen-bond donors (Lipinski definition) is 2. The van der Waals surface area contributed by atoms with Gasteiger partial charge >= 0.3 is 6.09 Å². The van der Waals surface area contributed by atoms with Crippen LogP contribution in [0.3, 0.4) is 0 Å². The van der Waals surface area contributed by atoms with Gasteiger partial charge in [0.2, 0.25) is 0 Å². The molecule has 16 heavy (non-hydrogen) atoms. The van der Waals surface area contributed by atoms with Crippen LogP contribution in [0.15, 0.2) is 0 Å². The molecule has 1 heterocycles. The van der Waals surface area contributed by atoms with Crippen molar-refractivity contribution >= 4 is 6.09 Å². The molecule has 1 unspecified atom stereocenters. The van der Waals surface area contributed by atoms with Crippen LogP contribution in [-0.2, 0) is 4.74 Å². The summed E-state index contributed by atoms with van der Waals surface area (Å²) in [4.78, 5) is 11.8. The van der Waals surface area contributed by atoms with E-state index < -0.39 is 5.60 Å². The highest BCUT2D eigenvalue weighted by Crippen LogP contribution is 2.42. The number of amides is 1. The molecule has 1 aliphatic heterocycles. The van der Waals surface area contributed by atoms with Crippen LogP contribution in [0.1, 0.15) is 40.0 Å². The van der Waals surface area contributed by atoms with E-state index in [1.54, 1.807) is 0 Å². The Bertz CT molecular complexity index is 273. The van der Waals surface area contributed by atoms with Crippen LogP contribution in [0.2, 0.25) is 0 Å². The van der Waals surface area contributed by atoms with Crippen molar-refractivity contribution < 1.29 is 9.53 Å². The monoisotopic (exact) mass is 226 g/mol. The van der Waals surface area contributed by atoms with Crippen molar-refractivity contribution in [2.45, 2.75) is 51.2 Å². The number of carbonyl (C=O) groups is 1. The van der Waals surface area contributed by atoms with E-state index in [0.29, 0.717) is 5.92 Å². The maximum Gasteiger partial charge on any atom is 0.408 e. The maximum atomic E-state index is 11.8. The third kappa shape index (κ3) is 2.67. The Hall–Kier alpha value is -0.770. The first-order valence-corrected chi connectivity index (χ1v) is 6.13. The van der Waals surface area contributed by atoms with Gasteiger partial charge < -0.3 is 15.4 Å². The zero-order chi connectivity index (χ0) is 11.8. The minimum atomic E-state index is -0.416. The molecule has 2 aliphatic rings. The summed E-state index contributed by atoms with van der Waals surface area (Å²) in [6.45, 7) is 7.55. The van der Waals surface area contributed by atoms with Gasteiger partial charge in [0.25, 0.3) is 0 Å². The standard InChI is InChI=1S/C12H22N2O2/c1-11(2,3)16-10(15)14-12(9-4-5-9)6-7-13-8-12/h9,13H,4-8H2,1-3H3,(H,14,15). The molecular formula is C12H22N2O2. The summed E-state index contributed by atoms with van der Waals surface area (Å²) < 4.78 is 5.32. The van der Waals surface area contributed by atoms with E-state index in [4.69, 9.17) is 4.74 Å². The highest BCUT2D eigenvalue weighted by Gasteiger charge is 2.48. The summed E-state index contributed by atoms with van der Waals surface area (Å²) in [5.74, 6) is 0.648. The molecule has 0 aromatic heterocycles. The molecule has 2 N–H and O–H groups in total. The van der Waals surface area contributed by atoms with Gasteiger partial charge in [0.1, 0.15) is 5.60 Å². The quantitative estimate of drug-likeness (QED) is 0.753. The van der Waals surface area contributed by atoms with E-state index in [1.165, 1.54) is 12.8 Å². The predicted molar refractivity (Wildman–Crippen MR) is 62.3 cm³/mol. The lowest BCUT2D eigenvalue weighted by Gasteiger charge is -2.31. The van der Waals surface area contributed by atoms with Crippen molar-refractivity contribution in [3.63, 3.8) is 0 Å². The minimum absolute atomic E-state index is 0.0394. The number of hydrogen-bond acceptors (Lipinski definition) is 3. The Morgan fingerprint density at radius 1 is 1.44 bits per heavy atom. The molecule has 1 aliphatic carbocycles. The normalized spacial score (nSPS) is 30.2. The lowest BCUT2D eigenvalue weighted by Crippen LogP contribution is -2.53. The van der Waals surface area contributed by atoms with E-state index in [1.807, 2.05) is 20.8 Å². The lowest BCUT2D eigenvalue weighted by atomic mass is 9.92. The first-order chi connectivity index (χ1) is 7.41. The van der Waals surface area contributed by atoms with Crippen LogP contribution in [0, 0.1) is 5.92 Å². The molecule has 0 spiro atoms. The molecule has 2 rings (SSSR count). The number of rotatable bonds is 2. The molecule has 4 nitrogen and oxygen atoms in total. The van der Waals surface area contributed by atoms with Crippen LogP contribution in [-0.4, -0.2) is 30.3 Å². The lowest BCUT2D eigenvalue weighted by molar-refractivity contribution is 0.0450. The third-order valence-corrected chi connectivity index (χ3v) is 3.30. The van der Waals surface area contributed by atoms with Gasteiger partial charge in [-0.1, -0.05) is 0 Å². The van der Waals surface area contributed by atoms with Crippen molar-refractivity contribution in [1.29, 1.82) is 0 Å². The summed E-state index contributed by atoms with van der Waals surface area (Å²) in [7, 11) is 0. The molecule has 1 amide bonds. The molecule has 0 radical (unpaired) electrons. The summed E-state index contributed by atoms with van der Waals surface area (Å²) >= 11 is 0. The van der Waals surface area contributed by atoms with Crippen LogP contribution in [0.4, 0.5) is 4.79 Å². The summed E-state index contributed by atoms with van der Waals surface area (Å²) in [6.07, 6.45) is 3.22. The average molecular weight is 226 g/mol. The Balaban J connectivity index is 1.93. The number of carbonyl (C=O) groups excluding carboxylic acids is 1. The van der Waals surface area contributed by atoms with Crippen LogP contribution in [0.25, 0.3) is 0 Å². The number of nitrogens with one attached hydrogen (secondary N) is 2. The van der Waals surface area contributed by atoms with Gasteiger partial charge in [0.15, 0.2) is 0 Å². The number of ether oxygens (including phenoxy) is 1. The molecule has 0 aromatic rings. The van der Waals surface area contributed by atoms with Crippen molar-refractivity contribution in [3.8, 4) is 0 Å². The molecule has 0 aromatic carbocycles. The molecular weight excluding hydrogens is 204 g/mol. The van der Waals surface area contributed by atoms with Crippen molar-refractivity contribution in [2.24, 2.45) is 5.92 Å². The fourth-order valence-electron chi connectivity index (χ4n) is 2.41. The Morgan fingerprint density at radius 2 is 2.12 bits per heavy atom. The Kier molecular flexibility index (Phi) is 2.86. The summed E-state index contributed by atoms with van der Waals surface area (Å²) in [6, 6.07) is 0. The van der Waals surface area contributed by atoms with Gasteiger partial charge in [0, 0.05) is 6.54 Å². The second-order valence-electron chi connectivity index (χ2n) is 5.98. The number of alkyl carbamates (subject to hydrolysis) is 1. The van der Waals surface area contributed by atoms with E-state index in [2.05, 4.69) is 10.6 Å². The van der Waals surface area contributed by atoms with Crippen molar-refractivity contribution in [1.82, 2.24) is 10.6 Å². The van der Waals surface area contributed by atoms with Gasteiger partial charge in [0.05, 0.1) is 5.54 Å². The highest BCUT2D eigenvalue weighted by molar-refractivity contribution is 5.69. The predicted octanol–water partition coefficient (Wildman–Crippen LogP) is 1.65. The summed E-state index contributed by atoms with van der Waals surface area (Å²) in [5, 5.41) is 6.42. The van der Waals surface area contributed by atoms with E-state index in [9.17, 15) is 4.79 Å². The third-order valence-electron chi connectivity index (χ3n) is 3.30. The summed E-state index contributed by atoms with van der Waals surface area (Å²) in [5.41, 5.74) is -0.455. The zero-order valence-electron chi connectivity index (χ0n) is 10.4. The van der Waals surface area contributed by atoms with Gasteiger partial charge in [-0.3, -0.25) is 0 Å². The van der Waals surface area contributed by atoms with Gasteiger partial charge in [-0.05, 0) is 52.5 Å². The van der Waals surface area contributed by atoms with E-state index in [-0.39, 0.29) is 11.6 Å². The molecule has 1 saturated carbocycles. The van der Waals surface area contributed by atoms with Gasteiger partial charge in [-0.2, -0.15) is 0 Å². The molecule has 4 heteroatoms. The zero-order valence-corrected chi connectivity index (χ0v) is 10.4. The van der Waals surface area contributed by atoms with Crippen LogP contribution < -0.4 is 10.6 Å². The average Bonchev–Trinajstić information content (AvgIpc) is 2.86. The molecule has 92 valence electrons. The Morgan fingerprint density at radius 3 is 2.56 bits per heavy atom. The minimum Gasteiger partial charge on any atom is -0.444 e. The molecule has 2 fully saturated rings. The molecule has 0 bridgehead atoms. The molecule has 1 saturated heterocycles. The topological polar surface area (TPSA) is 50.4 Å². The van der Waals surface area contributed by atoms with Gasteiger partial charge in [-0.25, -0.2) is 4.79 Å². The smallest absolute Gasteiger partial charge is 0.408 e. The largest absolute Gasteiger partial charge is 0.444 e. The van der Waals surface area contributed by atoms with Crippen molar-refractivity contribution in [2.75, 3.05) is 13.1 Å². The second-order valence-corrected chi connectivity index (χ2v) is 5.98. The fourth-order valence-corrected chi connectivity index (χ4v) is 2.41. The molecule has 1 atom stereocenters. The Labute approximate surface area is 97.1 Å². The second kappa shape index (κ2) is 3.91. The fraction of sp³-hybridized carbons (Fsp3) is 0.917. The van der Waals surface area contributed by atoms with E-state index >= 15 is 0 Å². The first-order valence-electron chi connectivity index (χ1n) is 6.13. The highest BCUT2D eigenvalue weighted by atomic mass is 16.6. The van der Waals surface area contributed by atoms with Gasteiger partial charge in [-0.15, -0.1) is 0 Å². The SMILES string of the molecule is CC(C)(C)OC(=O)NC1(C2CC2)CCNC1. The van der Waals surface area contributed by atoms with Crippen molar-refractivity contribution in [3.05, 3.63) is 0 Å². The van der Waals surface area contributed by atoms with Crippen LogP contribution >= 0.6 is 0 Å². The first kappa shape index (κ1) is 11.7. The van der Waals surface area contributed by atoms with E-state index in [0.717, 1.165) is 19.5 Å². The van der Waals surface area contributed by atoms with Crippen LogP contribution in [0.5, 0.6) is 0 Å².